The van der Waals surface area contributed by atoms with Crippen LogP contribution in [-0.2, 0) is 16.1 Å². The van der Waals surface area contributed by atoms with Crippen molar-refractivity contribution in [1.29, 1.82) is 0 Å². The monoisotopic (exact) mass is 394 g/mol. The van der Waals surface area contributed by atoms with Gasteiger partial charge in [0, 0.05) is 31.8 Å². The number of amides is 1. The highest BCUT2D eigenvalue weighted by atomic mass is 16.5. The van der Waals surface area contributed by atoms with Gasteiger partial charge in [-0.1, -0.05) is 29.8 Å². The number of piperidine rings is 1. The minimum atomic E-state index is -0.153. The number of esters is 1. The first-order chi connectivity index (χ1) is 14.1. The van der Waals surface area contributed by atoms with Gasteiger partial charge >= 0.3 is 5.97 Å². The molecular weight excluding hydrogens is 368 g/mol. The van der Waals surface area contributed by atoms with Crippen molar-refractivity contribution >= 4 is 23.0 Å². The van der Waals surface area contributed by atoms with Crippen LogP contribution in [0.4, 0.5) is 0 Å². The van der Waals surface area contributed by atoms with Crippen LogP contribution in [0.15, 0.2) is 47.1 Å². The van der Waals surface area contributed by atoms with Gasteiger partial charge in [-0.15, -0.1) is 0 Å². The van der Waals surface area contributed by atoms with Crippen molar-refractivity contribution in [3.63, 3.8) is 0 Å². The van der Waals surface area contributed by atoms with Crippen LogP contribution in [0.5, 0.6) is 0 Å². The largest absolute Gasteiger partial charge is 0.466 e. The minimum absolute atomic E-state index is 0.0224. The molecule has 1 fully saturated rings. The number of rotatable bonds is 5. The van der Waals surface area contributed by atoms with Crippen molar-refractivity contribution in [3.8, 4) is 0 Å². The number of furan rings is 1. The van der Waals surface area contributed by atoms with Crippen molar-refractivity contribution in [3.05, 3.63) is 59.5 Å². The minimum Gasteiger partial charge on any atom is -0.466 e. The highest BCUT2D eigenvalue weighted by molar-refractivity contribution is 5.97. The normalized spacial score (nSPS) is 15.0. The molecule has 4 rings (SSSR count). The summed E-state index contributed by atoms with van der Waals surface area (Å²) in [5, 5.41) is 0. The average Bonchev–Trinajstić information content (AvgIpc) is 3.32. The number of likely N-dealkylation sites (tertiary alicyclic amines) is 1. The third-order valence-electron chi connectivity index (χ3n) is 5.61. The van der Waals surface area contributed by atoms with Crippen LogP contribution in [0.1, 0.15) is 41.4 Å². The maximum atomic E-state index is 13.3. The van der Waals surface area contributed by atoms with Crippen molar-refractivity contribution in [2.45, 2.75) is 33.2 Å². The van der Waals surface area contributed by atoms with Gasteiger partial charge in [0.05, 0.1) is 24.3 Å². The van der Waals surface area contributed by atoms with Gasteiger partial charge < -0.3 is 18.6 Å². The van der Waals surface area contributed by atoms with Gasteiger partial charge in [-0.05, 0) is 32.3 Å². The Bertz CT molecular complexity index is 1010. The summed E-state index contributed by atoms with van der Waals surface area (Å²) in [6, 6.07) is 12.0. The molecule has 6 heteroatoms. The standard InChI is InChI=1S/C23H26N2O4/c1-3-28-23(27)18-8-11-24(12-9-18)22(26)20-14-21-19(10-13-29-21)25(20)15-17-6-4-16(2)5-7-17/h4-7,10,13-14,18H,3,8-9,11-12,15H2,1-2H3. The predicted molar refractivity (Wildman–Crippen MR) is 110 cm³/mol. The summed E-state index contributed by atoms with van der Waals surface area (Å²) in [5.41, 5.74) is 4.58. The lowest BCUT2D eigenvalue weighted by Gasteiger charge is -2.31. The first kappa shape index (κ1) is 19.3. The third-order valence-corrected chi connectivity index (χ3v) is 5.61. The Morgan fingerprint density at radius 3 is 2.55 bits per heavy atom. The number of benzene rings is 1. The Hall–Kier alpha value is -3.02. The number of hydrogen-bond acceptors (Lipinski definition) is 4. The number of carbonyl (C=O) groups excluding carboxylic acids is 2. The van der Waals surface area contributed by atoms with Crippen molar-refractivity contribution < 1.29 is 18.7 Å². The van der Waals surface area contributed by atoms with E-state index in [2.05, 4.69) is 31.2 Å². The van der Waals surface area contributed by atoms with Gasteiger partial charge in [0.2, 0.25) is 0 Å². The number of ether oxygens (including phenoxy) is 1. The Balaban J connectivity index is 1.54. The summed E-state index contributed by atoms with van der Waals surface area (Å²) < 4.78 is 12.7. The summed E-state index contributed by atoms with van der Waals surface area (Å²) in [5.74, 6) is -0.291. The molecule has 0 N–H and O–H groups in total. The van der Waals surface area contributed by atoms with Crippen LogP contribution in [0.3, 0.4) is 0 Å². The first-order valence-corrected chi connectivity index (χ1v) is 10.1. The van der Waals surface area contributed by atoms with Crippen LogP contribution in [0, 0.1) is 12.8 Å². The zero-order valence-corrected chi connectivity index (χ0v) is 16.9. The Labute approximate surface area is 170 Å². The lowest BCUT2D eigenvalue weighted by atomic mass is 9.97. The zero-order valence-electron chi connectivity index (χ0n) is 16.9. The van der Waals surface area contributed by atoms with E-state index in [1.807, 2.05) is 28.5 Å². The Kier molecular flexibility index (Phi) is 5.43. The molecule has 29 heavy (non-hydrogen) atoms. The van der Waals surface area contributed by atoms with E-state index in [1.54, 1.807) is 6.26 Å². The van der Waals surface area contributed by atoms with E-state index in [0.29, 0.717) is 50.4 Å². The molecule has 0 atom stereocenters. The fraction of sp³-hybridized carbons (Fsp3) is 0.391. The van der Waals surface area contributed by atoms with E-state index in [9.17, 15) is 9.59 Å². The number of carbonyl (C=O) groups is 2. The van der Waals surface area contributed by atoms with Gasteiger partial charge in [0.25, 0.3) is 5.91 Å². The fourth-order valence-electron chi connectivity index (χ4n) is 3.94. The van der Waals surface area contributed by atoms with Gasteiger partial charge in [0.15, 0.2) is 5.58 Å². The number of fused-ring (bicyclic) bond motifs is 1. The quantitative estimate of drug-likeness (QED) is 0.614. The summed E-state index contributed by atoms with van der Waals surface area (Å²) in [6.07, 6.45) is 2.92. The SMILES string of the molecule is CCOC(=O)C1CCN(C(=O)c2cc3occc3n2Cc2ccc(C)cc2)CC1. The molecule has 0 spiro atoms. The van der Waals surface area contributed by atoms with Crippen LogP contribution in [0.25, 0.3) is 11.1 Å². The summed E-state index contributed by atoms with van der Waals surface area (Å²) >= 11 is 0. The summed E-state index contributed by atoms with van der Waals surface area (Å²) in [4.78, 5) is 27.1. The molecule has 1 aromatic carbocycles. The summed E-state index contributed by atoms with van der Waals surface area (Å²) in [7, 11) is 0. The van der Waals surface area contributed by atoms with E-state index in [4.69, 9.17) is 9.15 Å². The molecule has 1 saturated heterocycles. The van der Waals surface area contributed by atoms with E-state index < -0.39 is 0 Å². The molecule has 1 aliphatic rings. The van der Waals surface area contributed by atoms with Crippen LogP contribution < -0.4 is 0 Å². The highest BCUT2D eigenvalue weighted by Crippen LogP contribution is 2.26. The number of hydrogen-bond donors (Lipinski definition) is 0. The van der Waals surface area contributed by atoms with E-state index in [1.165, 1.54) is 5.56 Å². The summed E-state index contributed by atoms with van der Waals surface area (Å²) in [6.45, 7) is 5.98. The maximum absolute atomic E-state index is 13.3. The molecule has 6 nitrogen and oxygen atoms in total. The number of nitrogens with zero attached hydrogens (tertiary/aromatic N) is 2. The Morgan fingerprint density at radius 1 is 1.14 bits per heavy atom. The lowest BCUT2D eigenvalue weighted by Crippen LogP contribution is -2.41. The molecule has 1 amide bonds. The van der Waals surface area contributed by atoms with Gasteiger partial charge in [-0.2, -0.15) is 0 Å². The zero-order chi connectivity index (χ0) is 20.4. The van der Waals surface area contributed by atoms with Crippen molar-refractivity contribution in [2.75, 3.05) is 19.7 Å². The van der Waals surface area contributed by atoms with Gasteiger partial charge in [0.1, 0.15) is 5.69 Å². The molecule has 3 heterocycles. The molecule has 0 saturated carbocycles. The fourth-order valence-corrected chi connectivity index (χ4v) is 3.94. The third kappa shape index (κ3) is 3.92. The van der Waals surface area contributed by atoms with E-state index >= 15 is 0 Å². The molecule has 2 aromatic heterocycles. The van der Waals surface area contributed by atoms with E-state index in [-0.39, 0.29) is 17.8 Å². The molecule has 1 aliphatic heterocycles. The highest BCUT2D eigenvalue weighted by Gasteiger charge is 2.30. The Morgan fingerprint density at radius 2 is 1.86 bits per heavy atom. The number of aromatic nitrogens is 1. The molecule has 0 radical (unpaired) electrons. The second-order valence-electron chi connectivity index (χ2n) is 7.59. The smallest absolute Gasteiger partial charge is 0.309 e. The molecule has 152 valence electrons. The molecule has 0 aliphatic carbocycles. The van der Waals surface area contributed by atoms with Crippen LogP contribution >= 0.6 is 0 Å². The van der Waals surface area contributed by atoms with Crippen LogP contribution in [-0.4, -0.2) is 41.0 Å². The van der Waals surface area contributed by atoms with E-state index in [0.717, 1.165) is 11.1 Å². The predicted octanol–water partition coefficient (Wildman–Crippen LogP) is 4.01. The molecule has 3 aromatic rings. The topological polar surface area (TPSA) is 64.7 Å². The first-order valence-electron chi connectivity index (χ1n) is 10.1. The van der Waals surface area contributed by atoms with Crippen LogP contribution in [0.2, 0.25) is 0 Å². The molecule has 0 unspecified atom stereocenters. The average molecular weight is 394 g/mol. The second kappa shape index (κ2) is 8.15. The van der Waals surface area contributed by atoms with Crippen molar-refractivity contribution in [2.24, 2.45) is 5.92 Å². The van der Waals surface area contributed by atoms with Gasteiger partial charge in [-0.3, -0.25) is 9.59 Å². The van der Waals surface area contributed by atoms with Crippen molar-refractivity contribution in [1.82, 2.24) is 9.47 Å². The maximum Gasteiger partial charge on any atom is 0.309 e. The molecule has 0 bridgehead atoms. The van der Waals surface area contributed by atoms with Gasteiger partial charge in [-0.25, -0.2) is 0 Å². The number of aryl methyl sites for hydroxylation is 1. The second-order valence-corrected chi connectivity index (χ2v) is 7.59. The molecular formula is C23H26N2O4. The lowest BCUT2D eigenvalue weighted by molar-refractivity contribution is -0.149.